The lowest BCUT2D eigenvalue weighted by Gasteiger charge is -2.43. The molecule has 18 heteroatoms. The summed E-state index contributed by atoms with van der Waals surface area (Å²) in [5, 5.41) is 0. The smallest absolute Gasteiger partial charge is 0.398 e. The van der Waals surface area contributed by atoms with Crippen LogP contribution in [0.25, 0.3) is 0 Å². The first-order valence-corrected chi connectivity index (χ1v) is 9.79. The lowest BCUT2D eigenvalue weighted by molar-refractivity contribution is -0.457. The highest BCUT2D eigenvalue weighted by Gasteiger charge is 2.95. The van der Waals surface area contributed by atoms with Gasteiger partial charge in [-0.2, -0.15) is 61.5 Å². The van der Waals surface area contributed by atoms with Crippen molar-refractivity contribution in [1.82, 2.24) is 0 Å². The zero-order valence-corrected chi connectivity index (χ0v) is 15.9. The van der Waals surface area contributed by atoms with Gasteiger partial charge in [0.25, 0.3) is 0 Å². The lowest BCUT2D eigenvalue weighted by atomic mass is 9.85. The largest absolute Gasteiger partial charge is 0.438 e. The molecular formula is C12H13F15O2Si. The lowest BCUT2D eigenvalue weighted by Crippen LogP contribution is -2.75. The van der Waals surface area contributed by atoms with E-state index < -0.39 is 62.7 Å². The monoisotopic (exact) mass is 502 g/mol. The second kappa shape index (κ2) is 7.90. The van der Waals surface area contributed by atoms with Crippen molar-refractivity contribution in [2.24, 2.45) is 0 Å². The summed E-state index contributed by atoms with van der Waals surface area (Å²) in [4.78, 5) is 0. The molecule has 0 aromatic heterocycles. The number of alkyl halides is 15. The van der Waals surface area contributed by atoms with Gasteiger partial charge in [-0.1, -0.05) is 0 Å². The molecule has 0 aliphatic rings. The molecule has 0 aromatic rings. The highest BCUT2D eigenvalue weighted by Crippen LogP contribution is 2.64. The van der Waals surface area contributed by atoms with Crippen LogP contribution in [0.3, 0.4) is 0 Å². The number of hydrogen-bond acceptors (Lipinski definition) is 2. The fourth-order valence-electron chi connectivity index (χ4n) is 1.99. The minimum atomic E-state index is -8.40. The van der Waals surface area contributed by atoms with Crippen molar-refractivity contribution in [3.8, 4) is 0 Å². The van der Waals surface area contributed by atoms with Gasteiger partial charge in [0.15, 0.2) is 0 Å². The van der Waals surface area contributed by atoms with E-state index in [1.165, 1.54) is 0 Å². The summed E-state index contributed by atoms with van der Waals surface area (Å²) in [5.41, 5.74) is -8.28. The molecule has 2 nitrogen and oxygen atoms in total. The maximum atomic E-state index is 13.7. The van der Waals surface area contributed by atoms with Crippen LogP contribution in [0, 0.1) is 0 Å². The fourth-order valence-corrected chi connectivity index (χ4v) is 3.33. The van der Waals surface area contributed by atoms with Crippen molar-refractivity contribution in [2.75, 3.05) is 14.2 Å². The van der Waals surface area contributed by atoms with Gasteiger partial charge >= 0.3 is 50.3 Å². The highest BCUT2D eigenvalue weighted by atomic mass is 28.4. The number of hydrogen-bond donors (Lipinski definition) is 0. The molecule has 0 saturated heterocycles. The molecule has 0 radical (unpaired) electrons. The van der Waals surface area contributed by atoms with Crippen LogP contribution in [0.2, 0.25) is 12.6 Å². The van der Waals surface area contributed by atoms with Gasteiger partial charge < -0.3 is 8.85 Å². The van der Waals surface area contributed by atoms with Gasteiger partial charge in [-0.15, -0.1) is 0 Å². The third kappa shape index (κ3) is 4.22. The molecule has 0 fully saturated rings. The number of rotatable bonds is 9. The Bertz CT molecular complexity index is 579. The molecule has 30 heavy (non-hydrogen) atoms. The summed E-state index contributed by atoms with van der Waals surface area (Å²) in [7, 11) is -2.16. The van der Waals surface area contributed by atoms with Crippen molar-refractivity contribution in [1.29, 1.82) is 0 Å². The summed E-state index contributed by atoms with van der Waals surface area (Å²) in [6, 6.07) is -1.33. The first-order valence-electron chi connectivity index (χ1n) is 7.27. The standard InChI is InChI=1S/C12H13F15O2Si/c1-28-30(3,29-2)5-4-6(13,14)8(16,17)10(20,21)9(18,19)7(15,11(22,23)24)12(25,26)27/h4-5H2,1-3H3. The summed E-state index contributed by atoms with van der Waals surface area (Å²) in [6.45, 7) is 0.911. The van der Waals surface area contributed by atoms with E-state index in [4.69, 9.17) is 0 Å². The van der Waals surface area contributed by atoms with E-state index in [-0.39, 0.29) is 0 Å². The average molecular weight is 502 g/mol. The molecule has 0 aliphatic heterocycles. The van der Waals surface area contributed by atoms with Crippen molar-refractivity contribution in [2.45, 2.75) is 60.7 Å². The Balaban J connectivity index is 6.47. The SMILES string of the molecule is CO[Si](C)(CCC(F)(F)C(F)(F)C(F)(F)C(F)(F)C(F)(C(F)(F)F)C(F)(F)F)OC. The van der Waals surface area contributed by atoms with Crippen LogP contribution in [0.5, 0.6) is 0 Å². The Morgan fingerprint density at radius 3 is 1.17 bits per heavy atom. The Kier molecular flexibility index (Phi) is 7.66. The van der Waals surface area contributed by atoms with Crippen molar-refractivity contribution < 1.29 is 74.7 Å². The van der Waals surface area contributed by atoms with E-state index in [0.717, 1.165) is 20.8 Å². The van der Waals surface area contributed by atoms with Crippen molar-refractivity contribution >= 4 is 8.56 Å². The third-order valence-corrected chi connectivity index (χ3v) is 7.10. The van der Waals surface area contributed by atoms with Gasteiger partial charge in [0.1, 0.15) is 0 Å². The Hall–Kier alpha value is -0.913. The van der Waals surface area contributed by atoms with E-state index in [1.807, 2.05) is 0 Å². The quantitative estimate of drug-likeness (QED) is 0.280. The van der Waals surface area contributed by atoms with Crippen LogP contribution >= 0.6 is 0 Å². The summed E-state index contributed by atoms with van der Waals surface area (Å²) in [6.07, 6.45) is -18.3. The molecule has 0 atom stereocenters. The first-order chi connectivity index (χ1) is 12.8. The zero-order chi connectivity index (χ0) is 24.8. The van der Waals surface area contributed by atoms with E-state index in [2.05, 4.69) is 8.85 Å². The highest BCUT2D eigenvalue weighted by molar-refractivity contribution is 6.65. The Labute approximate surface area is 159 Å². The van der Waals surface area contributed by atoms with Gasteiger partial charge in [0.2, 0.25) is 0 Å². The summed E-state index contributed by atoms with van der Waals surface area (Å²) < 4.78 is 205. The maximum absolute atomic E-state index is 13.7. The second-order valence-corrected chi connectivity index (χ2v) is 9.71. The molecule has 0 aromatic carbocycles. The summed E-state index contributed by atoms with van der Waals surface area (Å²) >= 11 is 0. The van der Waals surface area contributed by atoms with Crippen LogP contribution in [0.4, 0.5) is 65.9 Å². The van der Waals surface area contributed by atoms with Gasteiger partial charge in [-0.3, -0.25) is 0 Å². The molecule has 0 saturated carbocycles. The second-order valence-electron chi connectivity index (χ2n) is 6.12. The Morgan fingerprint density at radius 2 is 0.900 bits per heavy atom. The molecular weight excluding hydrogens is 489 g/mol. The molecule has 0 rings (SSSR count). The van der Waals surface area contributed by atoms with Crippen molar-refractivity contribution in [3.63, 3.8) is 0 Å². The topological polar surface area (TPSA) is 18.5 Å². The Morgan fingerprint density at radius 1 is 0.567 bits per heavy atom. The van der Waals surface area contributed by atoms with Crippen LogP contribution in [-0.2, 0) is 8.85 Å². The minimum Gasteiger partial charge on any atom is -0.398 e. The van der Waals surface area contributed by atoms with Crippen LogP contribution in [0.1, 0.15) is 6.42 Å². The van der Waals surface area contributed by atoms with Gasteiger partial charge in [0, 0.05) is 20.6 Å². The predicted molar refractivity (Wildman–Crippen MR) is 70.8 cm³/mol. The van der Waals surface area contributed by atoms with Crippen LogP contribution < -0.4 is 0 Å². The predicted octanol–water partition coefficient (Wildman–Crippen LogP) is 6.12. The van der Waals surface area contributed by atoms with Crippen LogP contribution in [-0.4, -0.2) is 64.5 Å². The van der Waals surface area contributed by atoms with Crippen molar-refractivity contribution in [3.05, 3.63) is 0 Å². The molecule has 0 N–H and O–H groups in total. The molecule has 0 bridgehead atoms. The molecule has 0 spiro atoms. The molecule has 0 unspecified atom stereocenters. The van der Waals surface area contributed by atoms with Crippen LogP contribution in [0.15, 0.2) is 0 Å². The van der Waals surface area contributed by atoms with E-state index in [0.29, 0.717) is 0 Å². The normalized spacial score (nSPS) is 16.2. The summed E-state index contributed by atoms with van der Waals surface area (Å²) in [5.74, 6) is -30.4. The van der Waals surface area contributed by atoms with E-state index in [9.17, 15) is 65.9 Å². The maximum Gasteiger partial charge on any atom is 0.438 e. The molecule has 182 valence electrons. The van der Waals surface area contributed by atoms with Gasteiger partial charge in [-0.25, -0.2) is 4.39 Å². The van der Waals surface area contributed by atoms with Gasteiger partial charge in [0.05, 0.1) is 0 Å². The number of halogens is 15. The fraction of sp³-hybridized carbons (Fsp3) is 1.00. The van der Waals surface area contributed by atoms with E-state index in [1.54, 1.807) is 0 Å². The van der Waals surface area contributed by atoms with Gasteiger partial charge in [-0.05, 0) is 12.6 Å². The van der Waals surface area contributed by atoms with E-state index >= 15 is 0 Å². The third-order valence-electron chi connectivity index (χ3n) is 4.22. The minimum absolute atomic E-state index is 0.804. The molecule has 0 heterocycles. The molecule has 0 amide bonds. The zero-order valence-electron chi connectivity index (χ0n) is 14.9. The first kappa shape index (κ1) is 29.1. The average Bonchev–Trinajstić information content (AvgIpc) is 2.56. The molecule has 0 aliphatic carbocycles.